The molecule has 10 heteroatoms. The van der Waals surface area contributed by atoms with E-state index in [0.717, 1.165) is 61.6 Å². The van der Waals surface area contributed by atoms with Crippen LogP contribution in [0.2, 0.25) is 5.15 Å². The van der Waals surface area contributed by atoms with Gasteiger partial charge in [-0.2, -0.15) is 5.10 Å². The lowest BCUT2D eigenvalue weighted by Gasteiger charge is -2.53. The van der Waals surface area contributed by atoms with Crippen molar-refractivity contribution in [1.82, 2.24) is 14.7 Å². The molecule has 4 aliphatic heterocycles. The molecule has 0 aliphatic carbocycles. The maximum atomic E-state index is 13.8. The summed E-state index contributed by atoms with van der Waals surface area (Å²) in [7, 11) is 1.76. The van der Waals surface area contributed by atoms with Gasteiger partial charge in [0.15, 0.2) is 5.69 Å². The number of carbonyl (C=O) groups excluding carboxylic acids is 2. The maximum absolute atomic E-state index is 13.8. The minimum atomic E-state index is -0.755. The van der Waals surface area contributed by atoms with Crippen LogP contribution in [0, 0.1) is 5.41 Å². The summed E-state index contributed by atoms with van der Waals surface area (Å²) in [5.41, 5.74) is 4.23. The monoisotopic (exact) mass is 561 g/mol. The Balaban J connectivity index is 1.09. The number of carbonyl (C=O) groups is 2. The summed E-state index contributed by atoms with van der Waals surface area (Å²) < 4.78 is 13.4. The number of halogens is 1. The molecule has 1 spiro atoms. The van der Waals surface area contributed by atoms with Crippen LogP contribution in [0.3, 0.4) is 0 Å². The van der Waals surface area contributed by atoms with Gasteiger partial charge in [0, 0.05) is 56.6 Å². The van der Waals surface area contributed by atoms with E-state index in [1.54, 1.807) is 21.5 Å². The summed E-state index contributed by atoms with van der Waals surface area (Å²) in [5.74, 6) is 0.176. The number of fused-ring (bicyclic) bond motifs is 2. The molecule has 208 valence electrons. The number of likely N-dealkylation sites (N-methyl/N-ethyl adjacent to an activating group) is 1. The van der Waals surface area contributed by atoms with E-state index in [2.05, 4.69) is 16.1 Å². The van der Waals surface area contributed by atoms with E-state index in [0.29, 0.717) is 41.5 Å². The molecule has 7 rings (SSSR count). The number of hydrogen-bond donors (Lipinski definition) is 0. The zero-order valence-electron chi connectivity index (χ0n) is 22.5. The quantitative estimate of drug-likeness (QED) is 0.484. The zero-order chi connectivity index (χ0) is 27.4. The second kappa shape index (κ2) is 9.82. The van der Waals surface area contributed by atoms with E-state index in [-0.39, 0.29) is 18.4 Å². The van der Waals surface area contributed by atoms with Gasteiger partial charge in [-0.05, 0) is 43.0 Å². The van der Waals surface area contributed by atoms with Crippen molar-refractivity contribution in [3.8, 4) is 5.75 Å². The lowest BCUT2D eigenvalue weighted by molar-refractivity contribution is -0.123. The van der Waals surface area contributed by atoms with Gasteiger partial charge in [-0.25, -0.2) is 4.68 Å². The summed E-state index contributed by atoms with van der Waals surface area (Å²) >= 11 is 6.65. The standard InChI is InChI=1S/C30H32ClN5O4/c1-33-23-15-21(34-18-30(19-34)10-13-39-14-11-30)7-8-25(23)40-17-24(28(33)37)35-12-9-22-26(29(35)38)32-36(27(22)31)16-20-5-3-2-4-6-20/h2-8,15,24H,9-14,16-19H2,1H3/t24-/m1/s1. The Kier molecular flexibility index (Phi) is 6.24. The van der Waals surface area contributed by atoms with Gasteiger partial charge in [-0.15, -0.1) is 0 Å². The fourth-order valence-electron chi connectivity index (χ4n) is 6.46. The molecule has 0 unspecified atom stereocenters. The lowest BCUT2D eigenvalue weighted by atomic mass is 9.73. The first kappa shape index (κ1) is 25.4. The number of ether oxygens (including phenoxy) is 2. The predicted octanol–water partition coefficient (Wildman–Crippen LogP) is 3.62. The third-order valence-electron chi connectivity index (χ3n) is 8.89. The van der Waals surface area contributed by atoms with Crippen molar-refractivity contribution in [3.05, 3.63) is 70.5 Å². The van der Waals surface area contributed by atoms with Crippen molar-refractivity contribution < 1.29 is 19.1 Å². The molecule has 3 aromatic rings. The van der Waals surface area contributed by atoms with Gasteiger partial charge in [0.1, 0.15) is 23.6 Å². The van der Waals surface area contributed by atoms with Crippen LogP contribution in [0.25, 0.3) is 0 Å². The summed E-state index contributed by atoms with van der Waals surface area (Å²) in [6.45, 7) is 4.60. The summed E-state index contributed by atoms with van der Waals surface area (Å²) in [5, 5.41) is 5.05. The van der Waals surface area contributed by atoms with Crippen LogP contribution in [0.4, 0.5) is 11.4 Å². The largest absolute Gasteiger partial charge is 0.489 e. The number of anilines is 2. The van der Waals surface area contributed by atoms with Gasteiger partial charge >= 0.3 is 0 Å². The molecule has 5 heterocycles. The molecule has 1 atom stereocenters. The van der Waals surface area contributed by atoms with E-state index < -0.39 is 6.04 Å². The molecule has 0 bridgehead atoms. The second-order valence-electron chi connectivity index (χ2n) is 11.4. The first-order chi connectivity index (χ1) is 19.4. The number of amides is 2. The third-order valence-corrected chi connectivity index (χ3v) is 9.31. The Morgan fingerprint density at radius 3 is 2.62 bits per heavy atom. The van der Waals surface area contributed by atoms with E-state index in [4.69, 9.17) is 21.1 Å². The van der Waals surface area contributed by atoms with Gasteiger partial charge in [0.2, 0.25) is 0 Å². The predicted molar refractivity (Wildman–Crippen MR) is 151 cm³/mol. The highest BCUT2D eigenvalue weighted by Gasteiger charge is 2.45. The van der Waals surface area contributed by atoms with Crippen molar-refractivity contribution >= 4 is 34.8 Å². The molecule has 0 N–H and O–H groups in total. The van der Waals surface area contributed by atoms with Gasteiger partial charge in [-0.3, -0.25) is 9.59 Å². The fraction of sp³-hybridized carbons (Fsp3) is 0.433. The van der Waals surface area contributed by atoms with Gasteiger partial charge < -0.3 is 24.2 Å². The normalized spacial score (nSPS) is 21.9. The van der Waals surface area contributed by atoms with Crippen molar-refractivity contribution in [3.63, 3.8) is 0 Å². The van der Waals surface area contributed by atoms with Gasteiger partial charge in [-0.1, -0.05) is 41.9 Å². The number of hydrogen-bond acceptors (Lipinski definition) is 6. The molecule has 40 heavy (non-hydrogen) atoms. The van der Waals surface area contributed by atoms with Crippen LogP contribution in [-0.4, -0.2) is 79.0 Å². The Hall–Kier alpha value is -3.56. The Labute approximate surface area is 238 Å². The highest BCUT2D eigenvalue weighted by atomic mass is 35.5. The first-order valence-electron chi connectivity index (χ1n) is 13.9. The summed E-state index contributed by atoms with van der Waals surface area (Å²) in [4.78, 5) is 33.0. The SMILES string of the molecule is CN1C(=O)[C@H](N2CCc3c(nn(Cc4ccccc4)c3Cl)C2=O)COc2ccc(N3CC4(CCOCC4)C3)cc21. The fourth-order valence-corrected chi connectivity index (χ4v) is 6.74. The van der Waals surface area contributed by atoms with Crippen molar-refractivity contribution in [2.75, 3.05) is 56.3 Å². The highest BCUT2D eigenvalue weighted by molar-refractivity contribution is 6.31. The van der Waals surface area contributed by atoms with Gasteiger partial charge in [0.25, 0.3) is 11.8 Å². The zero-order valence-corrected chi connectivity index (χ0v) is 23.3. The minimum Gasteiger partial charge on any atom is -0.489 e. The Morgan fingerprint density at radius 1 is 1.07 bits per heavy atom. The molecule has 9 nitrogen and oxygen atoms in total. The van der Waals surface area contributed by atoms with E-state index >= 15 is 0 Å². The van der Waals surface area contributed by atoms with E-state index in [1.165, 1.54) is 0 Å². The third kappa shape index (κ3) is 4.23. The number of rotatable bonds is 4. The van der Waals surface area contributed by atoms with E-state index in [1.807, 2.05) is 42.5 Å². The lowest BCUT2D eigenvalue weighted by Crippen LogP contribution is -2.58. The molecule has 2 amide bonds. The average molecular weight is 562 g/mol. The number of nitrogens with zero attached hydrogens (tertiary/aromatic N) is 5. The number of benzene rings is 2. The van der Waals surface area contributed by atoms with Crippen LogP contribution in [0.15, 0.2) is 48.5 Å². The average Bonchev–Trinajstić information content (AvgIpc) is 3.22. The van der Waals surface area contributed by atoms with Gasteiger partial charge in [0.05, 0.1) is 12.2 Å². The number of aromatic nitrogens is 2. The molecule has 2 fully saturated rings. The smallest absolute Gasteiger partial charge is 0.275 e. The molecule has 0 radical (unpaired) electrons. The van der Waals surface area contributed by atoms with Crippen LogP contribution >= 0.6 is 11.6 Å². The molecule has 1 aromatic heterocycles. The van der Waals surface area contributed by atoms with Crippen LogP contribution < -0.4 is 14.5 Å². The Morgan fingerprint density at radius 2 is 1.85 bits per heavy atom. The molecular formula is C30H32ClN5O4. The molecular weight excluding hydrogens is 530 g/mol. The first-order valence-corrected chi connectivity index (χ1v) is 14.3. The van der Waals surface area contributed by atoms with Crippen molar-refractivity contribution in [2.24, 2.45) is 5.41 Å². The molecule has 2 saturated heterocycles. The van der Waals surface area contributed by atoms with Crippen molar-refractivity contribution in [2.45, 2.75) is 31.8 Å². The molecule has 2 aromatic carbocycles. The van der Waals surface area contributed by atoms with E-state index in [9.17, 15) is 9.59 Å². The summed E-state index contributed by atoms with van der Waals surface area (Å²) in [6.07, 6.45) is 2.72. The van der Waals surface area contributed by atoms with Crippen LogP contribution in [-0.2, 0) is 22.5 Å². The Bertz CT molecular complexity index is 1460. The molecule has 4 aliphatic rings. The highest BCUT2D eigenvalue weighted by Crippen LogP contribution is 2.44. The maximum Gasteiger partial charge on any atom is 0.275 e. The molecule has 0 saturated carbocycles. The summed E-state index contributed by atoms with van der Waals surface area (Å²) in [6, 6.07) is 15.1. The van der Waals surface area contributed by atoms with Crippen LogP contribution in [0.5, 0.6) is 5.75 Å². The second-order valence-corrected chi connectivity index (χ2v) is 11.7. The van der Waals surface area contributed by atoms with Crippen LogP contribution in [0.1, 0.15) is 34.5 Å². The minimum absolute atomic E-state index is 0.0852. The van der Waals surface area contributed by atoms with Crippen molar-refractivity contribution in [1.29, 1.82) is 0 Å². The topological polar surface area (TPSA) is 80.1 Å².